The maximum atomic E-state index is 13.8. The van der Waals surface area contributed by atoms with Gasteiger partial charge < -0.3 is 41.7 Å². The smallest absolute Gasteiger partial charge is 0.326 e. The fraction of sp³-hybridized carbons (Fsp3) is 0.622. The lowest BCUT2D eigenvalue weighted by Gasteiger charge is -2.29. The molecule has 1 aromatic carbocycles. The maximum Gasteiger partial charge on any atom is 0.326 e. The number of nitrogens with one attached hydrogen (secondary N) is 5. The van der Waals surface area contributed by atoms with Crippen LogP contribution in [-0.4, -0.2) is 106 Å². The van der Waals surface area contributed by atoms with Crippen LogP contribution in [0.15, 0.2) is 30.3 Å². The molecule has 0 spiro atoms. The lowest BCUT2D eigenvalue weighted by molar-refractivity contribution is -0.144. The predicted octanol–water partition coefficient (Wildman–Crippen LogP) is 0.973. The van der Waals surface area contributed by atoms with Gasteiger partial charge in [-0.25, -0.2) is 4.79 Å². The lowest BCUT2D eigenvalue weighted by atomic mass is 9.98. The van der Waals surface area contributed by atoms with E-state index in [0.29, 0.717) is 19.5 Å². The molecule has 294 valence electrons. The molecule has 16 nitrogen and oxygen atoms in total. The van der Waals surface area contributed by atoms with Crippen LogP contribution in [0.1, 0.15) is 85.6 Å². The number of hydrogen-bond acceptors (Lipinski definition) is 8. The van der Waals surface area contributed by atoms with Gasteiger partial charge in [0.15, 0.2) is 0 Å². The molecule has 1 saturated heterocycles. The van der Waals surface area contributed by atoms with E-state index in [1.165, 1.54) is 4.90 Å². The summed E-state index contributed by atoms with van der Waals surface area (Å²) in [6.07, 6.45) is 0.681. The second-order valence-electron chi connectivity index (χ2n) is 14.5. The van der Waals surface area contributed by atoms with Gasteiger partial charge in [-0.1, -0.05) is 71.9 Å². The Morgan fingerprint density at radius 3 is 1.64 bits per heavy atom. The summed E-state index contributed by atoms with van der Waals surface area (Å²) in [6.45, 7) is 11.1. The standard InChI is InChI=1S/C37H56N6O10/c1-21(2)18-27(37(52)53)40-34(49)26(20-30(46)47)38-33(48)25(19-29(45)43-16-10-11-17-43)39-35(50)32(23(5)6)42-36(51)31(22(3)4)41-28(44)15-14-24-12-8-7-9-13-24/h7-9,12-13,21-23,25-27,31-32H,10-11,14-20H2,1-6H3,(H,38,48)(H,39,50)(H,40,49)(H,41,44)(H,42,51)(H,46,47)(H,52,53). The normalized spacial score (nSPS) is 15.5. The summed E-state index contributed by atoms with van der Waals surface area (Å²) < 4.78 is 0. The molecule has 0 aromatic heterocycles. The van der Waals surface area contributed by atoms with Gasteiger partial charge in [0.1, 0.15) is 30.2 Å². The predicted molar refractivity (Wildman–Crippen MR) is 194 cm³/mol. The van der Waals surface area contributed by atoms with Crippen molar-refractivity contribution in [2.45, 2.75) is 117 Å². The highest BCUT2D eigenvalue weighted by atomic mass is 16.4. The van der Waals surface area contributed by atoms with E-state index >= 15 is 0 Å². The second kappa shape index (κ2) is 21.5. The number of carbonyl (C=O) groups excluding carboxylic acids is 6. The summed E-state index contributed by atoms with van der Waals surface area (Å²) in [5, 5.41) is 31.6. The Kier molecular flexibility index (Phi) is 17.9. The summed E-state index contributed by atoms with van der Waals surface area (Å²) in [7, 11) is 0. The average Bonchev–Trinajstić information content (AvgIpc) is 3.63. The maximum absolute atomic E-state index is 13.8. The van der Waals surface area contributed by atoms with Gasteiger partial charge >= 0.3 is 11.9 Å². The highest BCUT2D eigenvalue weighted by molar-refractivity contribution is 5.98. The van der Waals surface area contributed by atoms with E-state index in [2.05, 4.69) is 26.6 Å². The summed E-state index contributed by atoms with van der Waals surface area (Å²) in [6, 6.07) is 2.45. The molecule has 0 radical (unpaired) electrons. The number of aliphatic carboxylic acids is 2. The Bertz CT molecular complexity index is 1440. The number of amides is 6. The molecular formula is C37H56N6O10. The molecule has 1 heterocycles. The van der Waals surface area contributed by atoms with Gasteiger partial charge in [0, 0.05) is 19.5 Å². The molecule has 16 heteroatoms. The Balaban J connectivity index is 2.27. The van der Waals surface area contributed by atoms with E-state index in [1.807, 2.05) is 30.3 Å². The van der Waals surface area contributed by atoms with Crippen LogP contribution in [0, 0.1) is 17.8 Å². The monoisotopic (exact) mass is 744 g/mol. The highest BCUT2D eigenvalue weighted by Crippen LogP contribution is 2.13. The molecular weight excluding hydrogens is 688 g/mol. The van der Waals surface area contributed by atoms with Gasteiger partial charge in [0.05, 0.1) is 12.8 Å². The van der Waals surface area contributed by atoms with Crippen LogP contribution in [0.4, 0.5) is 0 Å². The molecule has 0 aliphatic carbocycles. The molecule has 1 fully saturated rings. The quantitative estimate of drug-likeness (QED) is 0.0941. The first-order chi connectivity index (χ1) is 24.9. The van der Waals surface area contributed by atoms with Crippen LogP contribution in [0.5, 0.6) is 0 Å². The molecule has 1 aliphatic rings. The third kappa shape index (κ3) is 15.2. The van der Waals surface area contributed by atoms with Crippen molar-refractivity contribution >= 4 is 47.4 Å². The summed E-state index contributed by atoms with van der Waals surface area (Å²) in [5.41, 5.74) is 0.956. The zero-order valence-corrected chi connectivity index (χ0v) is 31.5. The van der Waals surface area contributed by atoms with Crippen molar-refractivity contribution in [1.82, 2.24) is 31.5 Å². The van der Waals surface area contributed by atoms with E-state index in [4.69, 9.17) is 0 Å². The van der Waals surface area contributed by atoms with Crippen LogP contribution < -0.4 is 26.6 Å². The first-order valence-electron chi connectivity index (χ1n) is 18.2. The van der Waals surface area contributed by atoms with Gasteiger partial charge in [-0.15, -0.1) is 0 Å². The fourth-order valence-corrected chi connectivity index (χ4v) is 5.82. The first kappa shape index (κ1) is 44.1. The Labute approximate surface area is 310 Å². The fourth-order valence-electron chi connectivity index (χ4n) is 5.82. The topological polar surface area (TPSA) is 240 Å². The van der Waals surface area contributed by atoms with Crippen LogP contribution in [0.3, 0.4) is 0 Å². The van der Waals surface area contributed by atoms with Crippen LogP contribution >= 0.6 is 0 Å². The van der Waals surface area contributed by atoms with E-state index in [-0.39, 0.29) is 30.6 Å². The van der Waals surface area contributed by atoms with Crippen LogP contribution in [0.25, 0.3) is 0 Å². The Hall–Kier alpha value is -5.02. The summed E-state index contributed by atoms with van der Waals surface area (Å²) >= 11 is 0. The first-order valence-corrected chi connectivity index (χ1v) is 18.2. The summed E-state index contributed by atoms with van der Waals surface area (Å²) in [5.74, 6) is -8.25. The largest absolute Gasteiger partial charge is 0.481 e. The van der Waals surface area contributed by atoms with Crippen molar-refractivity contribution in [3.8, 4) is 0 Å². The number of carboxylic acid groups (broad SMARTS) is 2. The third-order valence-electron chi connectivity index (χ3n) is 8.80. The Morgan fingerprint density at radius 1 is 0.642 bits per heavy atom. The molecule has 0 bridgehead atoms. The van der Waals surface area contributed by atoms with Crippen LogP contribution in [-0.2, 0) is 44.8 Å². The molecule has 6 amide bonds. The molecule has 7 N–H and O–H groups in total. The van der Waals surface area contributed by atoms with Gasteiger partial charge in [-0.05, 0) is 49.0 Å². The zero-order valence-electron chi connectivity index (χ0n) is 31.5. The SMILES string of the molecule is CC(C)CC(NC(=O)C(CC(=O)O)NC(=O)C(CC(=O)N1CCCC1)NC(=O)C(NC(=O)C(NC(=O)CCc1ccccc1)C(C)C)C(C)C)C(=O)O. The molecule has 5 atom stereocenters. The molecule has 2 rings (SSSR count). The Morgan fingerprint density at radius 2 is 1.13 bits per heavy atom. The lowest BCUT2D eigenvalue weighted by Crippen LogP contribution is -2.61. The van der Waals surface area contributed by atoms with Crippen molar-refractivity contribution in [3.63, 3.8) is 0 Å². The minimum absolute atomic E-state index is 0.0369. The van der Waals surface area contributed by atoms with E-state index in [9.17, 15) is 48.6 Å². The molecule has 0 saturated carbocycles. The van der Waals surface area contributed by atoms with E-state index < -0.39 is 90.4 Å². The summed E-state index contributed by atoms with van der Waals surface area (Å²) in [4.78, 5) is 105. The number of aryl methyl sites for hydroxylation is 1. The van der Waals surface area contributed by atoms with Crippen molar-refractivity contribution < 1.29 is 48.6 Å². The van der Waals surface area contributed by atoms with Gasteiger partial charge in [-0.3, -0.25) is 33.6 Å². The average molecular weight is 745 g/mol. The minimum Gasteiger partial charge on any atom is -0.481 e. The second-order valence-corrected chi connectivity index (χ2v) is 14.5. The van der Waals surface area contributed by atoms with Gasteiger partial charge in [0.25, 0.3) is 0 Å². The van der Waals surface area contributed by atoms with Gasteiger partial charge in [-0.2, -0.15) is 0 Å². The number of nitrogens with zero attached hydrogens (tertiary/aromatic N) is 1. The van der Waals surface area contributed by atoms with Crippen LogP contribution in [0.2, 0.25) is 0 Å². The number of benzene rings is 1. The highest BCUT2D eigenvalue weighted by Gasteiger charge is 2.36. The zero-order chi connectivity index (χ0) is 39.8. The van der Waals surface area contributed by atoms with E-state index in [1.54, 1.807) is 41.5 Å². The number of rotatable bonds is 21. The molecule has 5 unspecified atom stereocenters. The molecule has 1 aliphatic heterocycles. The van der Waals surface area contributed by atoms with Crippen molar-refractivity contribution in [2.24, 2.45) is 17.8 Å². The van der Waals surface area contributed by atoms with Crippen molar-refractivity contribution in [1.29, 1.82) is 0 Å². The van der Waals surface area contributed by atoms with E-state index in [0.717, 1.165) is 18.4 Å². The van der Waals surface area contributed by atoms with Crippen molar-refractivity contribution in [2.75, 3.05) is 13.1 Å². The number of carbonyl (C=O) groups is 8. The third-order valence-corrected chi connectivity index (χ3v) is 8.80. The number of carboxylic acids is 2. The molecule has 1 aromatic rings. The molecule has 53 heavy (non-hydrogen) atoms. The van der Waals surface area contributed by atoms with Gasteiger partial charge in [0.2, 0.25) is 35.4 Å². The minimum atomic E-state index is -1.74. The van der Waals surface area contributed by atoms with Crippen molar-refractivity contribution in [3.05, 3.63) is 35.9 Å². The number of hydrogen-bond donors (Lipinski definition) is 7. The number of likely N-dealkylation sites (tertiary alicyclic amines) is 1.